The summed E-state index contributed by atoms with van der Waals surface area (Å²) in [6.07, 6.45) is 1.92. The van der Waals surface area contributed by atoms with Gasteiger partial charge in [0.15, 0.2) is 5.60 Å². The van der Waals surface area contributed by atoms with Crippen LogP contribution in [0.15, 0.2) is 84.9 Å². The van der Waals surface area contributed by atoms with Crippen molar-refractivity contribution in [2.45, 2.75) is 52.3 Å². The Balaban J connectivity index is 1.49. The lowest BCUT2D eigenvalue weighted by molar-refractivity contribution is 0.0226. The largest absolute Gasteiger partial charge is 0.456 e. The summed E-state index contributed by atoms with van der Waals surface area (Å²) in [7, 11) is 0. The van der Waals surface area contributed by atoms with Crippen LogP contribution in [0.2, 0.25) is 0 Å². The molecule has 198 valence electrons. The Labute approximate surface area is 230 Å². The van der Waals surface area contributed by atoms with E-state index in [1.807, 2.05) is 60.7 Å². The van der Waals surface area contributed by atoms with Crippen molar-refractivity contribution in [3.63, 3.8) is 0 Å². The van der Waals surface area contributed by atoms with Crippen molar-refractivity contribution in [3.8, 4) is 11.5 Å². The number of hydrogen-bond acceptors (Lipinski definition) is 5. The molecule has 5 heteroatoms. The summed E-state index contributed by atoms with van der Waals surface area (Å²) in [5.41, 5.74) is 6.36. The van der Waals surface area contributed by atoms with Gasteiger partial charge in [0.05, 0.1) is 17.3 Å². The van der Waals surface area contributed by atoms with Crippen LogP contribution >= 0.6 is 0 Å². The lowest BCUT2D eigenvalue weighted by Crippen LogP contribution is -2.36. The Kier molecular flexibility index (Phi) is 6.30. The van der Waals surface area contributed by atoms with Gasteiger partial charge in [0.1, 0.15) is 11.5 Å². The minimum atomic E-state index is -1.11. The Hall–Kier alpha value is -4.25. The maximum atomic E-state index is 13.3. The highest BCUT2D eigenvalue weighted by Crippen LogP contribution is 2.58. The number of nitrogens with one attached hydrogen (secondary N) is 2. The van der Waals surface area contributed by atoms with Crippen LogP contribution < -0.4 is 15.4 Å². The molecule has 39 heavy (non-hydrogen) atoms. The van der Waals surface area contributed by atoms with Crippen LogP contribution in [0.25, 0.3) is 0 Å². The number of anilines is 2. The van der Waals surface area contributed by atoms with Crippen molar-refractivity contribution in [2.75, 3.05) is 10.6 Å². The van der Waals surface area contributed by atoms with Crippen LogP contribution in [-0.4, -0.2) is 12.1 Å². The second-order valence-electron chi connectivity index (χ2n) is 10.8. The van der Waals surface area contributed by atoms with E-state index in [4.69, 9.17) is 9.47 Å². The fraction of sp³-hybridized carbons (Fsp3) is 0.265. The first-order valence-electron chi connectivity index (χ1n) is 13.7. The van der Waals surface area contributed by atoms with Crippen LogP contribution in [0.5, 0.6) is 11.5 Å². The van der Waals surface area contributed by atoms with E-state index in [2.05, 4.69) is 62.6 Å². The van der Waals surface area contributed by atoms with Crippen LogP contribution in [0.1, 0.15) is 64.9 Å². The number of carbonyl (C=O) groups excluding carboxylic acids is 1. The summed E-state index contributed by atoms with van der Waals surface area (Å²) in [5.74, 6) is 1.54. The Morgan fingerprint density at radius 3 is 2.33 bits per heavy atom. The van der Waals surface area contributed by atoms with Crippen molar-refractivity contribution in [1.29, 1.82) is 0 Å². The normalized spacial score (nSPS) is 18.3. The summed E-state index contributed by atoms with van der Waals surface area (Å²) >= 11 is 0. The molecule has 5 nitrogen and oxygen atoms in total. The number of benzene rings is 4. The molecule has 4 aromatic carbocycles. The number of aryl methyl sites for hydroxylation is 2. The first-order chi connectivity index (χ1) is 18.9. The molecule has 2 aliphatic heterocycles. The van der Waals surface area contributed by atoms with Crippen molar-refractivity contribution in [1.82, 2.24) is 0 Å². The number of rotatable bonds is 7. The SMILES string of the molecule is CCC(C)CC(Nc1ccc(C)cc1C)Nc1cccc2c1C1(OC(=O)c3ccccc31)c1ccccc1O2. The van der Waals surface area contributed by atoms with Gasteiger partial charge < -0.3 is 20.1 Å². The van der Waals surface area contributed by atoms with Gasteiger partial charge in [0.25, 0.3) is 0 Å². The second-order valence-corrected chi connectivity index (χ2v) is 10.8. The predicted octanol–water partition coefficient (Wildman–Crippen LogP) is 8.16. The van der Waals surface area contributed by atoms with Gasteiger partial charge in [-0.05, 0) is 62.1 Å². The Bertz CT molecular complexity index is 1560. The topological polar surface area (TPSA) is 59.6 Å². The zero-order valence-corrected chi connectivity index (χ0v) is 22.9. The van der Waals surface area contributed by atoms with Crippen molar-refractivity contribution >= 4 is 17.3 Å². The molecular weight excluding hydrogens is 484 g/mol. The molecule has 0 saturated carbocycles. The molecule has 3 unspecified atom stereocenters. The molecule has 6 rings (SSSR count). The van der Waals surface area contributed by atoms with Gasteiger partial charge in [0, 0.05) is 22.5 Å². The Morgan fingerprint density at radius 2 is 1.54 bits per heavy atom. The fourth-order valence-electron chi connectivity index (χ4n) is 5.88. The molecule has 0 aromatic heterocycles. The number of hydrogen-bond donors (Lipinski definition) is 2. The molecule has 0 fully saturated rings. The van der Waals surface area contributed by atoms with Gasteiger partial charge >= 0.3 is 5.97 Å². The number of carbonyl (C=O) groups is 1. The summed E-state index contributed by atoms with van der Waals surface area (Å²) in [4.78, 5) is 13.3. The van der Waals surface area contributed by atoms with E-state index in [-0.39, 0.29) is 12.1 Å². The quantitative estimate of drug-likeness (QED) is 0.191. The van der Waals surface area contributed by atoms with Crippen LogP contribution in [0.3, 0.4) is 0 Å². The highest BCUT2D eigenvalue weighted by molar-refractivity contribution is 5.97. The molecule has 0 amide bonds. The zero-order valence-electron chi connectivity index (χ0n) is 22.9. The number of esters is 1. The lowest BCUT2D eigenvalue weighted by Gasteiger charge is -2.38. The molecule has 1 spiro atoms. The van der Waals surface area contributed by atoms with Crippen LogP contribution in [0.4, 0.5) is 11.4 Å². The summed E-state index contributed by atoms with van der Waals surface area (Å²) in [5, 5.41) is 7.57. The van der Waals surface area contributed by atoms with Crippen LogP contribution in [0, 0.1) is 19.8 Å². The highest BCUT2D eigenvalue weighted by atomic mass is 16.6. The second kappa shape index (κ2) is 9.81. The first kappa shape index (κ1) is 25.1. The average Bonchev–Trinajstić information content (AvgIpc) is 3.22. The smallest absolute Gasteiger partial charge is 0.340 e. The molecule has 0 saturated heterocycles. The van der Waals surface area contributed by atoms with Crippen LogP contribution in [-0.2, 0) is 10.3 Å². The molecule has 0 radical (unpaired) electrons. The molecule has 2 aliphatic rings. The minimum Gasteiger partial charge on any atom is -0.456 e. The highest BCUT2D eigenvalue weighted by Gasteiger charge is 2.54. The van der Waals surface area contributed by atoms with E-state index in [1.54, 1.807) is 0 Å². The predicted molar refractivity (Wildman–Crippen MR) is 156 cm³/mol. The number of fused-ring (bicyclic) bond motifs is 6. The maximum absolute atomic E-state index is 13.3. The third-order valence-electron chi connectivity index (χ3n) is 8.01. The third-order valence-corrected chi connectivity index (χ3v) is 8.01. The maximum Gasteiger partial charge on any atom is 0.340 e. The van der Waals surface area contributed by atoms with Gasteiger partial charge in [-0.1, -0.05) is 80.4 Å². The van der Waals surface area contributed by atoms with Crippen molar-refractivity contribution in [3.05, 3.63) is 118 Å². The van der Waals surface area contributed by atoms with Gasteiger partial charge in [-0.25, -0.2) is 4.79 Å². The fourth-order valence-corrected chi connectivity index (χ4v) is 5.88. The summed E-state index contributed by atoms with van der Waals surface area (Å²) < 4.78 is 12.8. The van der Waals surface area contributed by atoms with E-state index in [0.29, 0.717) is 23.0 Å². The van der Waals surface area contributed by atoms with Gasteiger partial charge in [0.2, 0.25) is 0 Å². The van der Waals surface area contributed by atoms with Gasteiger partial charge in [-0.15, -0.1) is 0 Å². The minimum absolute atomic E-state index is 0.0607. The molecular formula is C34H34N2O3. The first-order valence-corrected chi connectivity index (χ1v) is 13.7. The monoisotopic (exact) mass is 518 g/mol. The Morgan fingerprint density at radius 1 is 0.821 bits per heavy atom. The van der Waals surface area contributed by atoms with E-state index < -0.39 is 5.60 Å². The van der Waals surface area contributed by atoms with Gasteiger partial charge in [-0.2, -0.15) is 0 Å². The molecule has 4 aromatic rings. The van der Waals surface area contributed by atoms with E-state index in [9.17, 15) is 4.79 Å². The molecule has 0 aliphatic carbocycles. The van der Waals surface area contributed by atoms with Crippen molar-refractivity contribution < 1.29 is 14.3 Å². The number of ether oxygens (including phenoxy) is 2. The average molecular weight is 519 g/mol. The molecule has 2 N–H and O–H groups in total. The standard InChI is InChI=1S/C34H34N2O3/c1-5-21(2)20-31(35-27-18-17-22(3)19-23(27)4)36-28-14-10-16-30-32(28)34(26-13-8-9-15-29(26)38-30)25-12-7-6-11-24(25)33(37)39-34/h6-19,21,31,35-36H,5,20H2,1-4H3. The number of para-hydroxylation sites is 1. The summed E-state index contributed by atoms with van der Waals surface area (Å²) in [6.45, 7) is 8.74. The summed E-state index contributed by atoms with van der Waals surface area (Å²) in [6, 6.07) is 28.0. The molecule has 2 heterocycles. The third kappa shape index (κ3) is 4.22. The lowest BCUT2D eigenvalue weighted by atomic mass is 9.77. The van der Waals surface area contributed by atoms with Gasteiger partial charge in [-0.3, -0.25) is 0 Å². The zero-order chi connectivity index (χ0) is 27.1. The van der Waals surface area contributed by atoms with E-state index in [0.717, 1.165) is 40.9 Å². The van der Waals surface area contributed by atoms with E-state index in [1.165, 1.54) is 11.1 Å². The van der Waals surface area contributed by atoms with E-state index >= 15 is 0 Å². The molecule has 3 atom stereocenters. The van der Waals surface area contributed by atoms with Crippen molar-refractivity contribution in [2.24, 2.45) is 5.92 Å². The molecule has 0 bridgehead atoms.